The second-order valence-corrected chi connectivity index (χ2v) is 13.9. The van der Waals surface area contributed by atoms with E-state index in [9.17, 15) is 14.4 Å². The zero-order chi connectivity index (χ0) is 31.4. The highest BCUT2D eigenvalue weighted by Crippen LogP contribution is 2.32. The Morgan fingerprint density at radius 1 is 1.07 bits per heavy atom. The number of hydrogen-bond acceptors (Lipinski definition) is 7. The number of hydrogen-bond donors (Lipinski definition) is 4. The predicted molar refractivity (Wildman–Crippen MR) is 179 cm³/mol. The molecule has 0 saturated carbocycles. The number of ether oxygens (including phenoxy) is 1. The van der Waals surface area contributed by atoms with Gasteiger partial charge in [-0.15, -0.1) is 11.3 Å². The zero-order valence-electron chi connectivity index (χ0n) is 24.6. The number of amides is 3. The number of alkyl carbamates (subject to hydrolysis) is 1. The van der Waals surface area contributed by atoms with Crippen molar-refractivity contribution in [2.45, 2.75) is 50.1 Å². The standard InChI is InChI=1S/C32H32ClN5O4S2/c1-18-9-10-20(33)14-25(18)36-28(39)17-43-31-38-24-12-11-21(15-27(24)44-31)35-29(40)26(37-30(41)42-32(2,3)4)13-19-16-34-23-8-6-5-7-22(19)23/h5-12,14-16,26,34H,13,17H2,1-4H3,(H,35,40)(H,36,39)(H,37,41). The molecule has 44 heavy (non-hydrogen) atoms. The van der Waals surface area contributed by atoms with Gasteiger partial charge in [0.05, 0.1) is 16.0 Å². The lowest BCUT2D eigenvalue weighted by molar-refractivity contribution is -0.118. The lowest BCUT2D eigenvalue weighted by Gasteiger charge is -2.23. The van der Waals surface area contributed by atoms with Gasteiger partial charge in [0.1, 0.15) is 11.6 Å². The van der Waals surface area contributed by atoms with Gasteiger partial charge in [0.2, 0.25) is 11.8 Å². The SMILES string of the molecule is Cc1ccc(Cl)cc1NC(=O)CSc1nc2ccc(NC(=O)C(Cc3c[nH]c4ccccc34)NC(=O)OC(C)(C)C)cc2s1. The van der Waals surface area contributed by atoms with Crippen molar-refractivity contribution < 1.29 is 19.1 Å². The Labute approximate surface area is 268 Å². The maximum absolute atomic E-state index is 13.5. The third-order valence-corrected chi connectivity index (χ3v) is 8.94. The van der Waals surface area contributed by atoms with E-state index < -0.39 is 17.7 Å². The molecule has 3 amide bonds. The summed E-state index contributed by atoms with van der Waals surface area (Å²) < 4.78 is 7.02. The number of carbonyl (C=O) groups excluding carboxylic acids is 3. The number of aryl methyl sites for hydroxylation is 1. The summed E-state index contributed by atoms with van der Waals surface area (Å²) >= 11 is 8.82. The molecule has 0 saturated heterocycles. The first kappa shape index (κ1) is 31.4. The van der Waals surface area contributed by atoms with E-state index in [2.05, 4.69) is 25.9 Å². The molecule has 9 nitrogen and oxygen atoms in total. The molecular weight excluding hydrogens is 618 g/mol. The van der Waals surface area contributed by atoms with Crippen LogP contribution in [0.15, 0.2) is 71.2 Å². The van der Waals surface area contributed by atoms with Crippen LogP contribution in [0.5, 0.6) is 0 Å². The third-order valence-electron chi connectivity index (χ3n) is 6.54. The molecule has 12 heteroatoms. The highest BCUT2D eigenvalue weighted by atomic mass is 35.5. The fourth-order valence-corrected chi connectivity index (χ4v) is 6.57. The first-order valence-corrected chi connectivity index (χ1v) is 16.1. The van der Waals surface area contributed by atoms with Gasteiger partial charge in [-0.05, 0) is 75.2 Å². The van der Waals surface area contributed by atoms with Crippen LogP contribution in [0.25, 0.3) is 21.1 Å². The Morgan fingerprint density at radius 3 is 2.66 bits per heavy atom. The number of nitrogens with zero attached hydrogens (tertiary/aromatic N) is 1. The number of nitrogens with one attached hydrogen (secondary N) is 4. The predicted octanol–water partition coefficient (Wildman–Crippen LogP) is 7.54. The van der Waals surface area contributed by atoms with Crippen LogP contribution in [0.2, 0.25) is 5.02 Å². The van der Waals surface area contributed by atoms with Crippen molar-refractivity contribution >= 4 is 85.1 Å². The van der Waals surface area contributed by atoms with E-state index in [0.29, 0.717) is 16.4 Å². The Morgan fingerprint density at radius 2 is 1.86 bits per heavy atom. The number of aromatic nitrogens is 2. The number of H-pyrrole nitrogens is 1. The van der Waals surface area contributed by atoms with Gasteiger partial charge in [-0.3, -0.25) is 9.59 Å². The van der Waals surface area contributed by atoms with E-state index in [0.717, 1.165) is 36.6 Å². The molecule has 0 spiro atoms. The van der Waals surface area contributed by atoms with Gasteiger partial charge in [0.15, 0.2) is 4.34 Å². The number of fused-ring (bicyclic) bond motifs is 2. The minimum Gasteiger partial charge on any atom is -0.444 e. The molecule has 2 aromatic heterocycles. The number of thiazole rings is 1. The van der Waals surface area contributed by atoms with Gasteiger partial charge in [0, 0.05) is 39.9 Å². The molecular formula is C32H32ClN5O4S2. The summed E-state index contributed by atoms with van der Waals surface area (Å²) in [5, 5.41) is 10.1. The van der Waals surface area contributed by atoms with Crippen molar-refractivity contribution in [3.8, 4) is 0 Å². The largest absolute Gasteiger partial charge is 0.444 e. The van der Waals surface area contributed by atoms with E-state index in [1.807, 2.05) is 55.6 Å². The number of carbonyl (C=O) groups is 3. The lowest BCUT2D eigenvalue weighted by atomic mass is 10.0. The van der Waals surface area contributed by atoms with E-state index in [1.54, 1.807) is 39.0 Å². The molecule has 5 aromatic rings. The number of benzene rings is 3. The van der Waals surface area contributed by atoms with Crippen LogP contribution >= 0.6 is 34.7 Å². The number of para-hydroxylation sites is 1. The smallest absolute Gasteiger partial charge is 0.408 e. The topological polar surface area (TPSA) is 125 Å². The van der Waals surface area contributed by atoms with Crippen LogP contribution < -0.4 is 16.0 Å². The second-order valence-electron chi connectivity index (χ2n) is 11.2. The molecule has 5 rings (SSSR count). The van der Waals surface area contributed by atoms with Crippen LogP contribution in [0, 0.1) is 6.92 Å². The lowest BCUT2D eigenvalue weighted by Crippen LogP contribution is -2.47. The molecule has 0 fully saturated rings. The number of aromatic amines is 1. The van der Waals surface area contributed by atoms with Gasteiger partial charge >= 0.3 is 6.09 Å². The molecule has 228 valence electrons. The molecule has 1 unspecified atom stereocenters. The normalized spacial score (nSPS) is 12.2. The molecule has 4 N–H and O–H groups in total. The number of rotatable bonds is 9. The van der Waals surface area contributed by atoms with Crippen LogP contribution in [0.3, 0.4) is 0 Å². The Bertz CT molecular complexity index is 1850. The molecule has 2 heterocycles. The van der Waals surface area contributed by atoms with E-state index in [1.165, 1.54) is 23.1 Å². The maximum atomic E-state index is 13.5. The molecule has 0 aliphatic heterocycles. The molecule has 1 atom stereocenters. The van der Waals surface area contributed by atoms with E-state index in [4.69, 9.17) is 16.3 Å². The van der Waals surface area contributed by atoms with Gasteiger partial charge in [-0.1, -0.05) is 47.6 Å². The summed E-state index contributed by atoms with van der Waals surface area (Å²) in [5.74, 6) is -0.361. The number of thioether (sulfide) groups is 1. The molecule has 0 aliphatic carbocycles. The third kappa shape index (κ3) is 8.10. The maximum Gasteiger partial charge on any atom is 0.408 e. The average Bonchev–Trinajstić information content (AvgIpc) is 3.56. The minimum atomic E-state index is -0.894. The summed E-state index contributed by atoms with van der Waals surface area (Å²) in [6.45, 7) is 7.21. The van der Waals surface area contributed by atoms with Gasteiger partial charge in [0.25, 0.3) is 0 Å². The fourth-order valence-electron chi connectivity index (χ4n) is 4.49. The molecule has 3 aromatic carbocycles. The van der Waals surface area contributed by atoms with E-state index >= 15 is 0 Å². The van der Waals surface area contributed by atoms with Gasteiger partial charge < -0.3 is 25.7 Å². The highest BCUT2D eigenvalue weighted by molar-refractivity contribution is 8.01. The van der Waals surface area contributed by atoms with Gasteiger partial charge in [-0.25, -0.2) is 9.78 Å². The minimum absolute atomic E-state index is 0.161. The van der Waals surface area contributed by atoms with Crippen molar-refractivity contribution in [3.05, 3.63) is 83.0 Å². The monoisotopic (exact) mass is 649 g/mol. The van der Waals surface area contributed by atoms with Crippen LogP contribution in [0.4, 0.5) is 16.2 Å². The van der Waals surface area contributed by atoms with Crippen molar-refractivity contribution in [2.24, 2.45) is 0 Å². The number of halogens is 1. The number of anilines is 2. The first-order chi connectivity index (χ1) is 20.9. The van der Waals surface area contributed by atoms with Crippen molar-refractivity contribution in [2.75, 3.05) is 16.4 Å². The second kappa shape index (κ2) is 13.3. The fraction of sp³-hybridized carbons (Fsp3) is 0.250. The summed E-state index contributed by atoms with van der Waals surface area (Å²) in [6, 6.07) is 17.7. The molecule has 0 bridgehead atoms. The Hall–Kier alpha value is -4.06. The first-order valence-electron chi connectivity index (χ1n) is 13.9. The zero-order valence-corrected chi connectivity index (χ0v) is 27.0. The van der Waals surface area contributed by atoms with Crippen LogP contribution in [0.1, 0.15) is 31.9 Å². The summed E-state index contributed by atoms with van der Waals surface area (Å²) in [6.07, 6.45) is 1.43. The average molecular weight is 650 g/mol. The van der Waals surface area contributed by atoms with Crippen molar-refractivity contribution in [3.63, 3.8) is 0 Å². The summed E-state index contributed by atoms with van der Waals surface area (Å²) in [7, 11) is 0. The van der Waals surface area contributed by atoms with Crippen LogP contribution in [-0.4, -0.2) is 45.3 Å². The Kier molecular flexibility index (Phi) is 9.48. The highest BCUT2D eigenvalue weighted by Gasteiger charge is 2.26. The van der Waals surface area contributed by atoms with Gasteiger partial charge in [-0.2, -0.15) is 0 Å². The Balaban J connectivity index is 1.27. The van der Waals surface area contributed by atoms with E-state index in [-0.39, 0.29) is 24.0 Å². The molecule has 0 aliphatic rings. The van der Waals surface area contributed by atoms with Crippen molar-refractivity contribution in [1.29, 1.82) is 0 Å². The summed E-state index contributed by atoms with van der Waals surface area (Å²) in [4.78, 5) is 46.6. The molecule has 0 radical (unpaired) electrons. The van der Waals surface area contributed by atoms with Crippen LogP contribution in [-0.2, 0) is 20.7 Å². The van der Waals surface area contributed by atoms with Crippen molar-refractivity contribution in [1.82, 2.24) is 15.3 Å². The summed E-state index contributed by atoms with van der Waals surface area (Å²) in [5.41, 5.74) is 4.04. The quantitative estimate of drug-likeness (QED) is 0.122.